The van der Waals surface area contributed by atoms with Crippen molar-refractivity contribution in [1.29, 1.82) is 0 Å². The van der Waals surface area contributed by atoms with Gasteiger partial charge in [-0.25, -0.2) is 4.79 Å². The van der Waals surface area contributed by atoms with Gasteiger partial charge in [-0.3, -0.25) is 4.79 Å². The van der Waals surface area contributed by atoms with Gasteiger partial charge in [0.25, 0.3) is 0 Å². The minimum absolute atomic E-state index is 0.125. The van der Waals surface area contributed by atoms with E-state index in [0.29, 0.717) is 25.4 Å². The number of piperidine rings is 1. The van der Waals surface area contributed by atoms with Gasteiger partial charge in [0, 0.05) is 6.54 Å². The van der Waals surface area contributed by atoms with Crippen molar-refractivity contribution in [2.45, 2.75) is 44.1 Å². The summed E-state index contributed by atoms with van der Waals surface area (Å²) in [5.74, 6) is 1.25. The molecule has 1 aliphatic carbocycles. The molecule has 0 aromatic heterocycles. The summed E-state index contributed by atoms with van der Waals surface area (Å²) in [4.78, 5) is 24.3. The molecule has 1 heterocycles. The molecule has 1 amide bonds. The lowest BCUT2D eigenvalue weighted by molar-refractivity contribution is -0.141. The van der Waals surface area contributed by atoms with Crippen molar-refractivity contribution in [3.8, 4) is 5.75 Å². The van der Waals surface area contributed by atoms with Crippen LogP contribution in [0.1, 0.15) is 43.6 Å². The zero-order valence-corrected chi connectivity index (χ0v) is 14.5. The molecular weight excluding hydrogens is 322 g/mol. The Bertz CT molecular complexity index is 628. The smallest absolute Gasteiger partial charge is 0.407 e. The van der Waals surface area contributed by atoms with Crippen molar-refractivity contribution in [1.82, 2.24) is 4.90 Å². The molecule has 1 aromatic carbocycles. The first-order valence-electron chi connectivity index (χ1n) is 8.88. The van der Waals surface area contributed by atoms with Crippen LogP contribution >= 0.6 is 0 Å². The number of hydrogen-bond acceptors (Lipinski definition) is 4. The van der Waals surface area contributed by atoms with E-state index in [0.717, 1.165) is 37.0 Å². The molecule has 2 aliphatic rings. The van der Waals surface area contributed by atoms with E-state index < -0.39 is 6.09 Å². The Balaban J connectivity index is 1.68. The Hall–Kier alpha value is -2.24. The van der Waals surface area contributed by atoms with E-state index in [4.69, 9.17) is 14.6 Å². The van der Waals surface area contributed by atoms with Crippen molar-refractivity contribution >= 4 is 12.1 Å². The highest BCUT2D eigenvalue weighted by molar-refractivity contribution is 5.70. The molecule has 1 aromatic rings. The third kappa shape index (κ3) is 4.65. The predicted octanol–water partition coefficient (Wildman–Crippen LogP) is 3.26. The average molecular weight is 347 g/mol. The largest absolute Gasteiger partial charge is 0.489 e. The Morgan fingerprint density at radius 2 is 2.12 bits per heavy atom. The fraction of sp³-hybridized carbons (Fsp3) is 0.579. The molecule has 6 heteroatoms. The molecule has 2 atom stereocenters. The van der Waals surface area contributed by atoms with Crippen LogP contribution in [-0.2, 0) is 9.53 Å². The molecule has 6 nitrogen and oxygen atoms in total. The van der Waals surface area contributed by atoms with E-state index in [2.05, 4.69) is 0 Å². The second-order valence-electron chi connectivity index (χ2n) is 6.91. The van der Waals surface area contributed by atoms with Crippen LogP contribution in [0.4, 0.5) is 4.79 Å². The highest BCUT2D eigenvalue weighted by Crippen LogP contribution is 2.45. The highest BCUT2D eigenvalue weighted by atomic mass is 16.5. The number of hydrogen-bond donors (Lipinski definition) is 1. The number of likely N-dealkylation sites (tertiary alicyclic amines) is 1. The molecule has 1 unspecified atom stereocenters. The first-order chi connectivity index (χ1) is 12.1. The summed E-state index contributed by atoms with van der Waals surface area (Å²) in [7, 11) is 1.42. The summed E-state index contributed by atoms with van der Waals surface area (Å²) in [6.45, 7) is 0.964. The topological polar surface area (TPSA) is 76.1 Å². The van der Waals surface area contributed by atoms with Crippen LogP contribution in [0.15, 0.2) is 24.3 Å². The summed E-state index contributed by atoms with van der Waals surface area (Å²) < 4.78 is 10.9. The standard InChI is InChI=1S/C19H25NO5/c1-24-18(21)11-17(13-7-8-13)14-4-2-5-15(10-14)25-16-6-3-9-20(12-16)19(22)23/h2,4-5,10,13,16-17H,3,6-9,11-12H2,1H3,(H,22,23)/t16?,17-/m0/s1. The van der Waals surface area contributed by atoms with Gasteiger partial charge in [-0.2, -0.15) is 0 Å². The first kappa shape index (κ1) is 17.6. The Morgan fingerprint density at radius 1 is 1.32 bits per heavy atom. The lowest BCUT2D eigenvalue weighted by atomic mass is 9.91. The molecule has 0 radical (unpaired) electrons. The highest BCUT2D eigenvalue weighted by Gasteiger charge is 2.34. The predicted molar refractivity (Wildman–Crippen MR) is 91.8 cm³/mol. The van der Waals surface area contributed by atoms with Crippen molar-refractivity contribution < 1.29 is 24.2 Å². The van der Waals surface area contributed by atoms with Crippen molar-refractivity contribution in [3.63, 3.8) is 0 Å². The molecule has 2 fully saturated rings. The summed E-state index contributed by atoms with van der Waals surface area (Å²) in [5.41, 5.74) is 1.09. The van der Waals surface area contributed by atoms with Crippen molar-refractivity contribution in [3.05, 3.63) is 29.8 Å². The number of carbonyl (C=O) groups is 2. The van der Waals surface area contributed by atoms with Gasteiger partial charge >= 0.3 is 12.1 Å². The summed E-state index contributed by atoms with van der Waals surface area (Å²) >= 11 is 0. The zero-order valence-electron chi connectivity index (χ0n) is 14.5. The number of esters is 1. The van der Waals surface area contributed by atoms with Gasteiger partial charge in [0.1, 0.15) is 11.9 Å². The number of carbonyl (C=O) groups excluding carboxylic acids is 1. The maximum atomic E-state index is 11.7. The van der Waals surface area contributed by atoms with Crippen LogP contribution in [0.25, 0.3) is 0 Å². The van der Waals surface area contributed by atoms with Gasteiger partial charge in [0.05, 0.1) is 20.1 Å². The summed E-state index contributed by atoms with van der Waals surface area (Å²) in [6.07, 6.45) is 3.31. The lowest BCUT2D eigenvalue weighted by Gasteiger charge is -2.31. The maximum absolute atomic E-state index is 11.7. The summed E-state index contributed by atoms with van der Waals surface area (Å²) in [6, 6.07) is 7.86. The molecule has 0 bridgehead atoms. The number of carboxylic acid groups (broad SMARTS) is 1. The van der Waals surface area contributed by atoms with Gasteiger partial charge in [-0.05, 0) is 55.2 Å². The number of benzene rings is 1. The van der Waals surface area contributed by atoms with E-state index in [1.807, 2.05) is 24.3 Å². The minimum atomic E-state index is -0.895. The number of amides is 1. The quantitative estimate of drug-likeness (QED) is 0.799. The van der Waals surface area contributed by atoms with Crippen LogP contribution in [0.5, 0.6) is 5.75 Å². The number of nitrogens with zero attached hydrogens (tertiary/aromatic N) is 1. The van der Waals surface area contributed by atoms with Crippen LogP contribution < -0.4 is 4.74 Å². The monoisotopic (exact) mass is 347 g/mol. The van der Waals surface area contributed by atoms with Gasteiger partial charge < -0.3 is 19.5 Å². The van der Waals surface area contributed by atoms with E-state index in [1.54, 1.807) is 0 Å². The average Bonchev–Trinajstić information content (AvgIpc) is 3.44. The first-order valence-corrected chi connectivity index (χ1v) is 8.88. The van der Waals surface area contributed by atoms with Crippen LogP contribution in [0.2, 0.25) is 0 Å². The third-order valence-corrected chi connectivity index (χ3v) is 5.04. The normalized spacial score (nSPS) is 21.5. The van der Waals surface area contributed by atoms with E-state index in [-0.39, 0.29) is 18.0 Å². The van der Waals surface area contributed by atoms with Gasteiger partial charge in [-0.1, -0.05) is 12.1 Å². The van der Waals surface area contributed by atoms with Crippen molar-refractivity contribution in [2.24, 2.45) is 5.92 Å². The molecule has 25 heavy (non-hydrogen) atoms. The molecule has 1 N–H and O–H groups in total. The van der Waals surface area contributed by atoms with Gasteiger partial charge in [0.2, 0.25) is 0 Å². The van der Waals surface area contributed by atoms with Crippen LogP contribution in [0.3, 0.4) is 0 Å². The lowest BCUT2D eigenvalue weighted by Crippen LogP contribution is -2.43. The fourth-order valence-corrected chi connectivity index (χ4v) is 3.54. The maximum Gasteiger partial charge on any atom is 0.407 e. The second-order valence-corrected chi connectivity index (χ2v) is 6.91. The Kier molecular flexibility index (Phi) is 5.46. The van der Waals surface area contributed by atoms with E-state index >= 15 is 0 Å². The van der Waals surface area contributed by atoms with Crippen molar-refractivity contribution in [2.75, 3.05) is 20.2 Å². The SMILES string of the molecule is COC(=O)C[C@H](c1cccc(OC2CCCN(C(=O)O)C2)c1)C1CC1. The number of rotatable bonds is 6. The third-order valence-electron chi connectivity index (χ3n) is 5.04. The molecule has 136 valence electrons. The molecule has 1 saturated carbocycles. The fourth-order valence-electron chi connectivity index (χ4n) is 3.54. The number of ether oxygens (including phenoxy) is 2. The van der Waals surface area contributed by atoms with E-state index in [9.17, 15) is 9.59 Å². The minimum Gasteiger partial charge on any atom is -0.489 e. The molecule has 1 aliphatic heterocycles. The van der Waals surface area contributed by atoms with E-state index in [1.165, 1.54) is 12.0 Å². The van der Waals surface area contributed by atoms with Gasteiger partial charge in [-0.15, -0.1) is 0 Å². The Labute approximate surface area is 147 Å². The molecular formula is C19H25NO5. The zero-order chi connectivity index (χ0) is 17.8. The molecule has 1 saturated heterocycles. The number of methoxy groups -OCH3 is 1. The van der Waals surface area contributed by atoms with Crippen LogP contribution in [-0.4, -0.2) is 48.4 Å². The molecule has 3 rings (SSSR count). The summed E-state index contributed by atoms with van der Waals surface area (Å²) in [5, 5.41) is 9.14. The molecule has 0 spiro atoms. The van der Waals surface area contributed by atoms with Crippen LogP contribution in [0, 0.1) is 5.92 Å². The second kappa shape index (κ2) is 7.76. The Morgan fingerprint density at radius 3 is 2.80 bits per heavy atom. The van der Waals surface area contributed by atoms with Gasteiger partial charge in [0.15, 0.2) is 0 Å².